The number of nitrogens with one attached hydrogen (secondary N) is 1. The number of ether oxygens (including phenoxy) is 1. The lowest BCUT2D eigenvalue weighted by Gasteiger charge is -2.46. The second-order valence-electron chi connectivity index (χ2n) is 7.99. The van der Waals surface area contributed by atoms with Crippen LogP contribution in [0.3, 0.4) is 0 Å². The highest BCUT2D eigenvalue weighted by molar-refractivity contribution is 6.30. The molecule has 0 spiro atoms. The van der Waals surface area contributed by atoms with Gasteiger partial charge in [0, 0.05) is 11.4 Å². The number of benzene rings is 1. The predicted molar refractivity (Wildman–Crippen MR) is 98.9 cm³/mol. The molecular weight excluding hydrogens is 338 g/mol. The van der Waals surface area contributed by atoms with Crippen LogP contribution in [0.15, 0.2) is 29.8 Å². The first-order chi connectivity index (χ1) is 11.6. The van der Waals surface area contributed by atoms with Crippen LogP contribution >= 0.6 is 11.6 Å². The number of rotatable bonds is 4. The largest absolute Gasteiger partial charge is 0.478 e. The number of amides is 1. The number of hydrogen-bond acceptors (Lipinski definition) is 3. The van der Waals surface area contributed by atoms with Crippen molar-refractivity contribution in [1.82, 2.24) is 5.32 Å². The van der Waals surface area contributed by atoms with Crippen LogP contribution in [0.2, 0.25) is 5.02 Å². The fourth-order valence-electron chi connectivity index (χ4n) is 3.95. The molecule has 0 radical (unpaired) electrons. The van der Waals surface area contributed by atoms with Gasteiger partial charge < -0.3 is 15.2 Å². The summed E-state index contributed by atoms with van der Waals surface area (Å²) in [5.41, 5.74) is 0.386. The zero-order valence-electron chi connectivity index (χ0n) is 15.2. The standard InChI is InChI=1S/C20H26ClNO3/c1-12-9-14(21)5-6-17(12)25-19(3,4)18(23)22-16-11-20(24)8-7-15(16)13(2)10-20/h5-7,9,13,16,24H,8,10-11H2,1-4H3,(H,22,23)/t13-,16?,20-/m1/s1. The number of aryl methyl sites for hydroxylation is 1. The van der Waals surface area contributed by atoms with Gasteiger partial charge in [-0.1, -0.05) is 24.6 Å². The van der Waals surface area contributed by atoms with E-state index in [4.69, 9.17) is 16.3 Å². The number of aliphatic hydroxyl groups is 1. The number of hydrogen-bond donors (Lipinski definition) is 2. The SMILES string of the molecule is Cc1cc(Cl)ccc1OC(C)(C)C(=O)NC1C[C@@]2(O)CC=C1[C@H](C)C2. The molecule has 2 N–H and O–H groups in total. The molecule has 3 atom stereocenters. The summed E-state index contributed by atoms with van der Waals surface area (Å²) in [6.07, 6.45) is 4.11. The quantitative estimate of drug-likeness (QED) is 0.800. The lowest BCUT2D eigenvalue weighted by Crippen LogP contribution is -2.56. The van der Waals surface area contributed by atoms with Gasteiger partial charge in [0.05, 0.1) is 11.6 Å². The van der Waals surface area contributed by atoms with E-state index < -0.39 is 11.2 Å². The summed E-state index contributed by atoms with van der Waals surface area (Å²) in [5, 5.41) is 14.3. The van der Waals surface area contributed by atoms with Crippen molar-refractivity contribution in [3.05, 3.63) is 40.4 Å². The van der Waals surface area contributed by atoms with Gasteiger partial charge in [-0.15, -0.1) is 0 Å². The fraction of sp³-hybridized carbons (Fsp3) is 0.550. The first-order valence-corrected chi connectivity index (χ1v) is 9.16. The van der Waals surface area contributed by atoms with E-state index in [9.17, 15) is 9.90 Å². The van der Waals surface area contributed by atoms with Crippen LogP contribution in [0.4, 0.5) is 0 Å². The van der Waals surface area contributed by atoms with Crippen LogP contribution in [0.5, 0.6) is 5.75 Å². The summed E-state index contributed by atoms with van der Waals surface area (Å²) in [6.45, 7) is 7.51. The van der Waals surface area contributed by atoms with Crippen molar-refractivity contribution < 1.29 is 14.6 Å². The Balaban J connectivity index is 1.72. The van der Waals surface area contributed by atoms with Crippen molar-refractivity contribution in [3.63, 3.8) is 0 Å². The molecule has 0 aromatic heterocycles. The molecule has 2 bridgehead atoms. The van der Waals surface area contributed by atoms with Crippen molar-refractivity contribution in [3.8, 4) is 5.75 Å². The maximum absolute atomic E-state index is 12.8. The van der Waals surface area contributed by atoms with Crippen molar-refractivity contribution in [2.45, 2.75) is 64.2 Å². The van der Waals surface area contributed by atoms with Crippen molar-refractivity contribution in [2.24, 2.45) is 5.92 Å². The highest BCUT2D eigenvalue weighted by Crippen LogP contribution is 2.43. The molecule has 0 aliphatic heterocycles. The topological polar surface area (TPSA) is 58.6 Å². The van der Waals surface area contributed by atoms with Gasteiger partial charge in [0.15, 0.2) is 5.60 Å². The molecule has 1 fully saturated rings. The molecule has 0 saturated heterocycles. The molecule has 1 unspecified atom stereocenters. The maximum atomic E-state index is 12.8. The first-order valence-electron chi connectivity index (χ1n) is 8.78. The van der Waals surface area contributed by atoms with Gasteiger partial charge in [0.2, 0.25) is 0 Å². The van der Waals surface area contributed by atoms with Gasteiger partial charge in [0.1, 0.15) is 5.75 Å². The van der Waals surface area contributed by atoms with E-state index in [1.165, 1.54) is 5.57 Å². The zero-order chi connectivity index (χ0) is 18.4. The number of carbonyl (C=O) groups is 1. The second-order valence-corrected chi connectivity index (χ2v) is 8.43. The van der Waals surface area contributed by atoms with Crippen LogP contribution in [-0.4, -0.2) is 28.3 Å². The third-order valence-corrected chi connectivity index (χ3v) is 5.55. The van der Waals surface area contributed by atoms with Gasteiger partial charge in [-0.2, -0.15) is 0 Å². The van der Waals surface area contributed by atoms with Gasteiger partial charge in [0.25, 0.3) is 5.91 Å². The van der Waals surface area contributed by atoms with E-state index in [1.54, 1.807) is 26.0 Å². The molecule has 1 amide bonds. The molecular formula is C20H26ClNO3. The maximum Gasteiger partial charge on any atom is 0.264 e. The van der Waals surface area contributed by atoms with E-state index in [0.717, 1.165) is 12.0 Å². The highest BCUT2D eigenvalue weighted by atomic mass is 35.5. The summed E-state index contributed by atoms with van der Waals surface area (Å²) < 4.78 is 5.97. The van der Waals surface area contributed by atoms with Crippen LogP contribution in [0, 0.1) is 12.8 Å². The lowest BCUT2D eigenvalue weighted by molar-refractivity contribution is -0.135. The molecule has 1 saturated carbocycles. The Hall–Kier alpha value is -1.52. The van der Waals surface area contributed by atoms with E-state index in [0.29, 0.717) is 29.5 Å². The van der Waals surface area contributed by atoms with Crippen molar-refractivity contribution >= 4 is 17.5 Å². The fourth-order valence-corrected chi connectivity index (χ4v) is 4.17. The zero-order valence-corrected chi connectivity index (χ0v) is 16.0. The molecule has 4 rings (SSSR count). The van der Waals surface area contributed by atoms with Gasteiger partial charge in [-0.3, -0.25) is 4.79 Å². The lowest BCUT2D eigenvalue weighted by atomic mass is 9.66. The molecule has 5 heteroatoms. The smallest absolute Gasteiger partial charge is 0.264 e. The van der Waals surface area contributed by atoms with E-state index in [1.807, 2.05) is 13.0 Å². The van der Waals surface area contributed by atoms with Crippen LogP contribution in [0.1, 0.15) is 45.6 Å². The number of carbonyl (C=O) groups excluding carboxylic acids is 1. The average Bonchev–Trinajstić information content (AvgIpc) is 2.49. The number of halogens is 1. The Morgan fingerprint density at radius 1 is 1.40 bits per heavy atom. The predicted octanol–water partition coefficient (Wildman–Crippen LogP) is 3.78. The number of fused-ring (bicyclic) bond motifs is 3. The monoisotopic (exact) mass is 363 g/mol. The molecule has 0 heterocycles. The summed E-state index contributed by atoms with van der Waals surface area (Å²) in [5.74, 6) is 0.748. The third-order valence-electron chi connectivity index (χ3n) is 5.31. The van der Waals surface area contributed by atoms with Crippen LogP contribution < -0.4 is 10.1 Å². The Kier molecular flexibility index (Phi) is 4.63. The molecule has 136 valence electrons. The third kappa shape index (κ3) is 3.70. The summed E-state index contributed by atoms with van der Waals surface area (Å²) >= 11 is 5.98. The van der Waals surface area contributed by atoms with Gasteiger partial charge >= 0.3 is 0 Å². The van der Waals surface area contributed by atoms with Crippen LogP contribution in [-0.2, 0) is 4.79 Å². The minimum atomic E-state index is -1.03. The van der Waals surface area contributed by atoms with Crippen molar-refractivity contribution in [1.29, 1.82) is 0 Å². The second kappa shape index (κ2) is 6.33. The summed E-state index contributed by atoms with van der Waals surface area (Å²) in [6, 6.07) is 5.22. The minimum Gasteiger partial charge on any atom is -0.478 e. The summed E-state index contributed by atoms with van der Waals surface area (Å²) in [4.78, 5) is 12.8. The highest BCUT2D eigenvalue weighted by Gasteiger charge is 2.45. The van der Waals surface area contributed by atoms with Crippen molar-refractivity contribution in [2.75, 3.05) is 0 Å². The van der Waals surface area contributed by atoms with Gasteiger partial charge in [-0.05, 0) is 68.9 Å². The van der Waals surface area contributed by atoms with E-state index >= 15 is 0 Å². The Morgan fingerprint density at radius 2 is 2.12 bits per heavy atom. The Bertz CT molecular complexity index is 728. The molecule has 3 aliphatic carbocycles. The van der Waals surface area contributed by atoms with E-state index in [-0.39, 0.29) is 11.9 Å². The van der Waals surface area contributed by atoms with E-state index in [2.05, 4.69) is 18.3 Å². The minimum absolute atomic E-state index is 0.121. The Labute approximate surface area is 154 Å². The molecule has 25 heavy (non-hydrogen) atoms. The Morgan fingerprint density at radius 3 is 2.72 bits per heavy atom. The average molecular weight is 364 g/mol. The molecule has 4 nitrogen and oxygen atoms in total. The van der Waals surface area contributed by atoms with Gasteiger partial charge in [-0.25, -0.2) is 0 Å². The molecule has 3 aliphatic rings. The first kappa shape index (κ1) is 18.3. The van der Waals surface area contributed by atoms with Crippen LogP contribution in [0.25, 0.3) is 0 Å². The molecule has 1 aromatic carbocycles. The normalized spacial score (nSPS) is 28.5. The summed E-state index contributed by atoms with van der Waals surface area (Å²) in [7, 11) is 0. The molecule has 1 aromatic rings.